The van der Waals surface area contributed by atoms with Gasteiger partial charge in [-0.15, -0.1) is 0 Å². The van der Waals surface area contributed by atoms with Crippen LogP contribution in [0.25, 0.3) is 0 Å². The number of halogens is 4. The second kappa shape index (κ2) is 4.61. The molecule has 1 nitrogen and oxygen atoms in total. The van der Waals surface area contributed by atoms with Crippen LogP contribution in [0.3, 0.4) is 0 Å². The Balaban J connectivity index is 2.62. The predicted octanol–water partition coefficient (Wildman–Crippen LogP) is 3.17. The van der Waals surface area contributed by atoms with Crippen LogP contribution >= 0.6 is 0 Å². The molecule has 0 aliphatic heterocycles. The summed E-state index contributed by atoms with van der Waals surface area (Å²) < 4.78 is 48.7. The molecule has 0 bridgehead atoms. The highest BCUT2D eigenvalue weighted by atomic mass is 19.4. The maximum absolute atomic E-state index is 13.1. The third-order valence-electron chi connectivity index (χ3n) is 2.04. The monoisotopic (exact) mass is 221 g/mol. The third-order valence-corrected chi connectivity index (χ3v) is 2.04. The molecule has 1 atom stereocenters. The molecule has 0 saturated carbocycles. The van der Waals surface area contributed by atoms with Crippen molar-refractivity contribution in [2.75, 3.05) is 0 Å². The van der Waals surface area contributed by atoms with E-state index in [1.54, 1.807) is 6.07 Å². The van der Waals surface area contributed by atoms with Crippen LogP contribution in [0.5, 0.6) is 0 Å². The molecule has 2 N–H and O–H groups in total. The van der Waals surface area contributed by atoms with Gasteiger partial charge in [-0.1, -0.05) is 18.2 Å². The number of rotatable bonds is 3. The highest BCUT2D eigenvalue weighted by Crippen LogP contribution is 2.27. The maximum Gasteiger partial charge on any atom is 0.389 e. The van der Waals surface area contributed by atoms with Gasteiger partial charge in [-0.2, -0.15) is 13.2 Å². The van der Waals surface area contributed by atoms with Gasteiger partial charge in [0.2, 0.25) is 0 Å². The number of hydrogen-bond acceptors (Lipinski definition) is 1. The van der Waals surface area contributed by atoms with Crippen LogP contribution in [0.15, 0.2) is 24.3 Å². The molecule has 0 unspecified atom stereocenters. The van der Waals surface area contributed by atoms with Gasteiger partial charge in [0.25, 0.3) is 0 Å². The fourth-order valence-electron chi connectivity index (χ4n) is 1.25. The van der Waals surface area contributed by atoms with Crippen LogP contribution in [0.4, 0.5) is 17.6 Å². The van der Waals surface area contributed by atoms with Crippen molar-refractivity contribution < 1.29 is 17.6 Å². The van der Waals surface area contributed by atoms with E-state index >= 15 is 0 Å². The average molecular weight is 221 g/mol. The Morgan fingerprint density at radius 3 is 2.33 bits per heavy atom. The lowest BCUT2D eigenvalue weighted by atomic mass is 10.0. The highest BCUT2D eigenvalue weighted by molar-refractivity contribution is 5.20. The molecule has 15 heavy (non-hydrogen) atoms. The summed E-state index contributed by atoms with van der Waals surface area (Å²) in [6, 6.07) is 4.69. The normalized spacial score (nSPS) is 13.9. The Morgan fingerprint density at radius 1 is 1.20 bits per heavy atom. The summed E-state index contributed by atoms with van der Waals surface area (Å²) in [4.78, 5) is 0. The summed E-state index contributed by atoms with van der Waals surface area (Å²) in [6.45, 7) is 0. The van der Waals surface area contributed by atoms with Gasteiger partial charge in [0.1, 0.15) is 5.82 Å². The van der Waals surface area contributed by atoms with Crippen LogP contribution in [-0.4, -0.2) is 6.18 Å². The van der Waals surface area contributed by atoms with Crippen molar-refractivity contribution >= 4 is 0 Å². The Kier molecular flexibility index (Phi) is 3.68. The second-order valence-corrected chi connectivity index (χ2v) is 3.28. The molecule has 1 aromatic carbocycles. The summed E-state index contributed by atoms with van der Waals surface area (Å²) in [5.74, 6) is -0.563. The highest BCUT2D eigenvalue weighted by Gasteiger charge is 2.28. The van der Waals surface area contributed by atoms with E-state index in [0.717, 1.165) is 0 Å². The van der Waals surface area contributed by atoms with Crippen LogP contribution in [0.1, 0.15) is 24.4 Å². The van der Waals surface area contributed by atoms with Crippen molar-refractivity contribution in [1.82, 2.24) is 0 Å². The minimum Gasteiger partial charge on any atom is -0.324 e. The van der Waals surface area contributed by atoms with Crippen LogP contribution in [0.2, 0.25) is 0 Å². The molecule has 0 aromatic heterocycles. The van der Waals surface area contributed by atoms with Gasteiger partial charge in [0.15, 0.2) is 0 Å². The van der Waals surface area contributed by atoms with Crippen molar-refractivity contribution in [2.24, 2.45) is 5.73 Å². The Labute approximate surface area is 84.9 Å². The van der Waals surface area contributed by atoms with Gasteiger partial charge in [-0.25, -0.2) is 4.39 Å². The van der Waals surface area contributed by atoms with E-state index in [1.807, 2.05) is 0 Å². The van der Waals surface area contributed by atoms with E-state index in [9.17, 15) is 17.6 Å². The summed E-state index contributed by atoms with van der Waals surface area (Å²) in [7, 11) is 0. The van der Waals surface area contributed by atoms with Gasteiger partial charge in [0.05, 0.1) is 0 Å². The number of alkyl halides is 3. The maximum atomic E-state index is 13.1. The summed E-state index contributed by atoms with van der Waals surface area (Å²) in [6.07, 6.45) is -5.55. The first-order valence-corrected chi connectivity index (χ1v) is 4.47. The van der Waals surface area contributed by atoms with Crippen LogP contribution in [-0.2, 0) is 0 Å². The SMILES string of the molecule is N[C@@H](CCC(F)(F)F)c1ccccc1F. The molecular formula is C10H11F4N. The smallest absolute Gasteiger partial charge is 0.324 e. The summed E-state index contributed by atoms with van der Waals surface area (Å²) in [5.41, 5.74) is 5.59. The molecule has 1 aromatic rings. The van der Waals surface area contributed by atoms with Crippen molar-refractivity contribution in [3.05, 3.63) is 35.6 Å². The molecule has 0 saturated heterocycles. The molecule has 5 heteroatoms. The Bertz CT molecular complexity index is 321. The Hall–Kier alpha value is -1.10. The molecule has 0 fully saturated rings. The molecule has 0 heterocycles. The second-order valence-electron chi connectivity index (χ2n) is 3.28. The van der Waals surface area contributed by atoms with Gasteiger partial charge in [-0.3, -0.25) is 0 Å². The van der Waals surface area contributed by atoms with Gasteiger partial charge in [0, 0.05) is 18.0 Å². The van der Waals surface area contributed by atoms with Crippen LogP contribution in [0, 0.1) is 5.82 Å². The lowest BCUT2D eigenvalue weighted by Crippen LogP contribution is -2.16. The molecule has 0 aliphatic carbocycles. The van der Waals surface area contributed by atoms with Gasteiger partial charge >= 0.3 is 6.18 Å². The Morgan fingerprint density at radius 2 is 1.80 bits per heavy atom. The van der Waals surface area contributed by atoms with E-state index in [1.165, 1.54) is 18.2 Å². The van der Waals surface area contributed by atoms with Crippen molar-refractivity contribution in [3.63, 3.8) is 0 Å². The molecule has 0 spiro atoms. The van der Waals surface area contributed by atoms with E-state index in [4.69, 9.17) is 5.73 Å². The number of benzene rings is 1. The van der Waals surface area contributed by atoms with Gasteiger partial charge < -0.3 is 5.73 Å². The quantitative estimate of drug-likeness (QED) is 0.779. The zero-order valence-electron chi connectivity index (χ0n) is 7.89. The first-order valence-electron chi connectivity index (χ1n) is 4.47. The minimum absolute atomic E-state index is 0.127. The molecule has 0 radical (unpaired) electrons. The fraction of sp³-hybridized carbons (Fsp3) is 0.400. The minimum atomic E-state index is -4.25. The molecule has 1 rings (SSSR count). The zero-order chi connectivity index (χ0) is 11.5. The summed E-state index contributed by atoms with van der Waals surface area (Å²) in [5, 5.41) is 0. The standard InChI is InChI=1S/C10H11F4N/c11-8-4-2-1-3-7(8)9(15)5-6-10(12,13)14/h1-4,9H,5-6,15H2/t9-/m0/s1. The van der Waals surface area contributed by atoms with E-state index in [-0.39, 0.29) is 12.0 Å². The molecule has 0 amide bonds. The predicted molar refractivity (Wildman–Crippen MR) is 48.6 cm³/mol. The van der Waals surface area contributed by atoms with Gasteiger partial charge in [-0.05, 0) is 12.5 Å². The van der Waals surface area contributed by atoms with Crippen molar-refractivity contribution in [1.29, 1.82) is 0 Å². The third kappa shape index (κ3) is 3.87. The fourth-order valence-corrected chi connectivity index (χ4v) is 1.25. The zero-order valence-corrected chi connectivity index (χ0v) is 7.89. The average Bonchev–Trinajstić information content (AvgIpc) is 2.14. The summed E-state index contributed by atoms with van der Waals surface area (Å²) >= 11 is 0. The number of nitrogens with two attached hydrogens (primary N) is 1. The van der Waals surface area contributed by atoms with E-state index in [0.29, 0.717) is 0 Å². The first-order chi connectivity index (χ1) is 6.90. The van der Waals surface area contributed by atoms with E-state index < -0.39 is 24.5 Å². The topological polar surface area (TPSA) is 26.0 Å². The van der Waals surface area contributed by atoms with Crippen molar-refractivity contribution in [3.8, 4) is 0 Å². The van der Waals surface area contributed by atoms with Crippen molar-refractivity contribution in [2.45, 2.75) is 25.1 Å². The molecular weight excluding hydrogens is 210 g/mol. The largest absolute Gasteiger partial charge is 0.389 e. The molecule has 84 valence electrons. The lowest BCUT2D eigenvalue weighted by Gasteiger charge is -2.13. The van der Waals surface area contributed by atoms with Crippen LogP contribution < -0.4 is 5.73 Å². The lowest BCUT2D eigenvalue weighted by molar-refractivity contribution is -0.136. The molecule has 0 aliphatic rings. The number of hydrogen-bond donors (Lipinski definition) is 1. The first kappa shape index (κ1) is 12.0. The van der Waals surface area contributed by atoms with E-state index in [2.05, 4.69) is 0 Å².